The number of hydrogen-bond donors (Lipinski definition) is 1. The van der Waals surface area contributed by atoms with Gasteiger partial charge in [-0.3, -0.25) is 9.59 Å². The molecule has 8 nitrogen and oxygen atoms in total. The Hall–Kier alpha value is -3.17. The van der Waals surface area contributed by atoms with Gasteiger partial charge in [-0.25, -0.2) is 0 Å². The highest BCUT2D eigenvalue weighted by atomic mass is 32.2. The van der Waals surface area contributed by atoms with E-state index in [2.05, 4.69) is 5.32 Å². The van der Waals surface area contributed by atoms with Crippen molar-refractivity contribution in [1.82, 2.24) is 9.47 Å². The molecule has 1 aromatic heterocycles. The topological polar surface area (TPSA) is 82.0 Å². The summed E-state index contributed by atoms with van der Waals surface area (Å²) in [6.07, 6.45) is 2.02. The molecule has 2 aromatic carbocycles. The molecule has 1 saturated heterocycles. The Morgan fingerprint density at radius 3 is 2.49 bits per heavy atom. The summed E-state index contributed by atoms with van der Waals surface area (Å²) in [6.45, 7) is 5.42. The van der Waals surface area contributed by atoms with Crippen molar-refractivity contribution in [2.24, 2.45) is 0 Å². The fourth-order valence-corrected chi connectivity index (χ4v) is 5.23. The first-order valence-electron chi connectivity index (χ1n) is 11.5. The molecule has 0 spiro atoms. The zero-order chi connectivity index (χ0) is 24.9. The molecule has 1 fully saturated rings. The van der Waals surface area contributed by atoms with E-state index >= 15 is 0 Å². The number of fused-ring (bicyclic) bond motifs is 1. The molecule has 3 aromatic rings. The first-order chi connectivity index (χ1) is 16.9. The number of nitrogens with one attached hydrogen (secondary N) is 1. The van der Waals surface area contributed by atoms with E-state index in [9.17, 15) is 9.59 Å². The van der Waals surface area contributed by atoms with Gasteiger partial charge >= 0.3 is 0 Å². The van der Waals surface area contributed by atoms with Gasteiger partial charge in [-0.15, -0.1) is 11.8 Å². The van der Waals surface area contributed by atoms with Crippen molar-refractivity contribution < 1.29 is 23.8 Å². The minimum atomic E-state index is -0.133. The van der Waals surface area contributed by atoms with Crippen LogP contribution in [0.1, 0.15) is 13.8 Å². The van der Waals surface area contributed by atoms with Crippen LogP contribution in [0, 0.1) is 0 Å². The predicted octanol–water partition coefficient (Wildman–Crippen LogP) is 4.03. The minimum Gasteiger partial charge on any atom is -0.493 e. The molecule has 1 aliphatic heterocycles. The molecule has 0 saturated carbocycles. The summed E-state index contributed by atoms with van der Waals surface area (Å²) in [7, 11) is 3.12. The van der Waals surface area contributed by atoms with Crippen molar-refractivity contribution in [3.63, 3.8) is 0 Å². The van der Waals surface area contributed by atoms with Gasteiger partial charge in [0.15, 0.2) is 11.5 Å². The Labute approximate surface area is 209 Å². The third-order valence-electron chi connectivity index (χ3n) is 5.86. The summed E-state index contributed by atoms with van der Waals surface area (Å²) in [5.41, 5.74) is 1.60. The first kappa shape index (κ1) is 24.9. The predicted molar refractivity (Wildman–Crippen MR) is 137 cm³/mol. The summed E-state index contributed by atoms with van der Waals surface area (Å²) < 4.78 is 18.3. The highest BCUT2D eigenvalue weighted by Gasteiger charge is 2.26. The number of thioether (sulfide) groups is 1. The van der Waals surface area contributed by atoms with Crippen molar-refractivity contribution in [2.45, 2.75) is 37.5 Å². The molecular weight excluding hydrogens is 466 g/mol. The molecule has 1 aliphatic rings. The lowest BCUT2D eigenvalue weighted by atomic mass is 10.2. The van der Waals surface area contributed by atoms with Gasteiger partial charge in [-0.1, -0.05) is 18.2 Å². The number of hydrogen-bond acceptors (Lipinski definition) is 6. The van der Waals surface area contributed by atoms with Crippen LogP contribution in [-0.4, -0.2) is 66.6 Å². The smallest absolute Gasteiger partial charge is 0.242 e. The maximum atomic E-state index is 13.0. The van der Waals surface area contributed by atoms with E-state index in [0.717, 1.165) is 15.8 Å². The van der Waals surface area contributed by atoms with Crippen LogP contribution in [-0.2, 0) is 20.9 Å². The first-order valence-corrected chi connectivity index (χ1v) is 12.5. The second-order valence-electron chi connectivity index (χ2n) is 8.60. The van der Waals surface area contributed by atoms with E-state index in [1.807, 2.05) is 53.8 Å². The number of para-hydroxylation sites is 1. The van der Waals surface area contributed by atoms with E-state index in [4.69, 9.17) is 14.2 Å². The van der Waals surface area contributed by atoms with Crippen LogP contribution in [0.5, 0.6) is 11.5 Å². The van der Waals surface area contributed by atoms with Crippen molar-refractivity contribution >= 4 is 40.2 Å². The minimum absolute atomic E-state index is 0.0272. The van der Waals surface area contributed by atoms with Crippen LogP contribution in [0.15, 0.2) is 53.6 Å². The molecular formula is C26H31N3O5S. The van der Waals surface area contributed by atoms with Crippen molar-refractivity contribution in [2.75, 3.05) is 38.4 Å². The largest absolute Gasteiger partial charge is 0.493 e. The molecule has 9 heteroatoms. The third kappa shape index (κ3) is 5.91. The quantitative estimate of drug-likeness (QED) is 0.474. The zero-order valence-corrected chi connectivity index (χ0v) is 21.3. The maximum Gasteiger partial charge on any atom is 0.242 e. The van der Waals surface area contributed by atoms with Gasteiger partial charge in [0.2, 0.25) is 11.8 Å². The van der Waals surface area contributed by atoms with E-state index in [1.54, 1.807) is 32.4 Å². The lowest BCUT2D eigenvalue weighted by Crippen LogP contribution is -2.49. The summed E-state index contributed by atoms with van der Waals surface area (Å²) in [6, 6.07) is 13.2. The Morgan fingerprint density at radius 2 is 1.77 bits per heavy atom. The van der Waals surface area contributed by atoms with Gasteiger partial charge in [-0.05, 0) is 32.0 Å². The number of morpholine rings is 1. The van der Waals surface area contributed by atoms with E-state index in [-0.39, 0.29) is 36.3 Å². The number of carbonyl (C=O) groups is 2. The van der Waals surface area contributed by atoms with Gasteiger partial charge in [0.25, 0.3) is 0 Å². The SMILES string of the molecule is COc1ccc(NC(=O)CSc2cn(CC(=O)N3C[C@H](C)O[C@@H](C)C3)c3ccccc23)cc1OC. The number of ether oxygens (including phenoxy) is 3. The summed E-state index contributed by atoms with van der Waals surface area (Å²) in [4.78, 5) is 28.5. The van der Waals surface area contributed by atoms with Crippen LogP contribution < -0.4 is 14.8 Å². The number of methoxy groups -OCH3 is 2. The molecule has 1 N–H and O–H groups in total. The standard InChI is InChI=1S/C26H31N3O5S/c1-17-12-29(13-18(2)34-17)26(31)15-28-14-24(20-7-5-6-8-21(20)28)35-16-25(30)27-19-9-10-22(32-3)23(11-19)33-4/h5-11,14,17-18H,12-13,15-16H2,1-4H3,(H,27,30)/t17-,18-/m0/s1. The van der Waals surface area contributed by atoms with Crippen LogP contribution >= 0.6 is 11.8 Å². The highest BCUT2D eigenvalue weighted by molar-refractivity contribution is 8.00. The highest BCUT2D eigenvalue weighted by Crippen LogP contribution is 2.32. The fraction of sp³-hybridized carbons (Fsp3) is 0.385. The summed E-state index contributed by atoms with van der Waals surface area (Å²) >= 11 is 1.45. The molecule has 2 heterocycles. The molecule has 2 atom stereocenters. The molecule has 35 heavy (non-hydrogen) atoms. The Bertz CT molecular complexity index is 1200. The van der Waals surface area contributed by atoms with Crippen molar-refractivity contribution in [1.29, 1.82) is 0 Å². The van der Waals surface area contributed by atoms with Crippen LogP contribution in [0.4, 0.5) is 5.69 Å². The normalized spacial score (nSPS) is 17.9. The van der Waals surface area contributed by atoms with Gasteiger partial charge in [0, 0.05) is 46.8 Å². The fourth-order valence-electron chi connectivity index (χ4n) is 4.34. The van der Waals surface area contributed by atoms with Crippen LogP contribution in [0.3, 0.4) is 0 Å². The van der Waals surface area contributed by atoms with Gasteiger partial charge in [0.1, 0.15) is 6.54 Å². The van der Waals surface area contributed by atoms with E-state index in [0.29, 0.717) is 30.3 Å². The van der Waals surface area contributed by atoms with Gasteiger partial charge in [-0.2, -0.15) is 0 Å². The van der Waals surface area contributed by atoms with E-state index < -0.39 is 0 Å². The number of rotatable bonds is 8. The van der Waals surface area contributed by atoms with Crippen LogP contribution in [0.25, 0.3) is 10.9 Å². The second-order valence-corrected chi connectivity index (χ2v) is 9.62. The number of anilines is 1. The molecule has 0 aliphatic carbocycles. The molecule has 0 unspecified atom stereocenters. The third-order valence-corrected chi connectivity index (χ3v) is 6.90. The summed E-state index contributed by atoms with van der Waals surface area (Å²) in [5.74, 6) is 1.31. The Morgan fingerprint density at radius 1 is 1.06 bits per heavy atom. The number of carbonyl (C=O) groups excluding carboxylic acids is 2. The van der Waals surface area contributed by atoms with Gasteiger partial charge in [0.05, 0.1) is 32.2 Å². The number of nitrogens with zero attached hydrogens (tertiary/aromatic N) is 2. The Balaban J connectivity index is 1.44. The van der Waals surface area contributed by atoms with Crippen LogP contribution in [0.2, 0.25) is 0 Å². The zero-order valence-electron chi connectivity index (χ0n) is 20.4. The molecule has 186 valence electrons. The van der Waals surface area contributed by atoms with Gasteiger partial charge < -0.3 is 29.0 Å². The monoisotopic (exact) mass is 497 g/mol. The number of benzene rings is 2. The number of amides is 2. The summed E-state index contributed by atoms with van der Waals surface area (Å²) in [5, 5.41) is 3.92. The molecule has 0 bridgehead atoms. The van der Waals surface area contributed by atoms with E-state index in [1.165, 1.54) is 11.8 Å². The molecule has 2 amide bonds. The van der Waals surface area contributed by atoms with Crippen molar-refractivity contribution in [3.8, 4) is 11.5 Å². The molecule has 0 radical (unpaired) electrons. The van der Waals surface area contributed by atoms with Crippen molar-refractivity contribution in [3.05, 3.63) is 48.7 Å². The lowest BCUT2D eigenvalue weighted by molar-refractivity contribution is -0.143. The Kier molecular flexibility index (Phi) is 7.87. The average Bonchev–Trinajstić information content (AvgIpc) is 3.19. The second kappa shape index (κ2) is 11.0. The number of aromatic nitrogens is 1. The average molecular weight is 498 g/mol. The maximum absolute atomic E-state index is 13.0. The molecule has 4 rings (SSSR count). The lowest BCUT2D eigenvalue weighted by Gasteiger charge is -2.35.